The smallest absolute Gasteiger partial charge is 0.259 e. The van der Waals surface area contributed by atoms with Crippen LogP contribution in [0.1, 0.15) is 15.9 Å². The molecule has 0 saturated carbocycles. The number of rotatable bonds is 3. The summed E-state index contributed by atoms with van der Waals surface area (Å²) in [6.07, 6.45) is 4.54. The van der Waals surface area contributed by atoms with Gasteiger partial charge in [0.2, 0.25) is 0 Å². The Bertz CT molecular complexity index is 2190. The lowest BCUT2D eigenvalue weighted by Gasteiger charge is -2.11. The molecule has 3 heterocycles. The van der Waals surface area contributed by atoms with Gasteiger partial charge in [-0.05, 0) is 41.8 Å². The Morgan fingerprint density at radius 3 is 2.35 bits per heavy atom. The first-order valence-corrected chi connectivity index (χ1v) is 13.2. The fraction of sp³-hybridized carbons (Fsp3) is 0.0312. The summed E-state index contributed by atoms with van der Waals surface area (Å²) in [5.74, 6) is -0.00261. The van der Waals surface area contributed by atoms with Crippen LogP contribution in [-0.2, 0) is 7.05 Å². The van der Waals surface area contributed by atoms with Crippen molar-refractivity contribution in [3.63, 3.8) is 0 Å². The minimum Gasteiger partial charge on any atom is -0.505 e. The number of carbonyl (C=O) groups is 1. The fourth-order valence-electron chi connectivity index (χ4n) is 4.99. The molecule has 11 heteroatoms. The van der Waals surface area contributed by atoms with E-state index in [1.54, 1.807) is 24.5 Å². The van der Waals surface area contributed by atoms with Crippen molar-refractivity contribution in [3.05, 3.63) is 109 Å². The first-order valence-electron chi connectivity index (χ1n) is 13.2. The zero-order valence-electron chi connectivity index (χ0n) is 22.9. The van der Waals surface area contributed by atoms with Crippen molar-refractivity contribution in [1.82, 2.24) is 24.3 Å². The Hall–Kier alpha value is -6.41. The van der Waals surface area contributed by atoms with Gasteiger partial charge in [0.25, 0.3) is 11.9 Å². The molecule has 4 aromatic carbocycles. The van der Waals surface area contributed by atoms with E-state index in [1.807, 2.05) is 67.7 Å². The maximum atomic E-state index is 12.9. The number of nitrogens with zero attached hydrogens (tertiary/aromatic N) is 6. The van der Waals surface area contributed by atoms with Crippen molar-refractivity contribution in [1.29, 1.82) is 5.26 Å². The monoisotopic (exact) mass is 567 g/mol. The highest BCUT2D eigenvalue weighted by molar-refractivity contribution is 6.14. The number of aromatic hydroxyl groups is 1. The van der Waals surface area contributed by atoms with Crippen LogP contribution in [0.15, 0.2) is 97.5 Å². The molecule has 0 aliphatic rings. The average Bonchev–Trinajstić information content (AvgIpc) is 3.56. The number of nitrogens with one attached hydrogen (secondary N) is 1. The summed E-state index contributed by atoms with van der Waals surface area (Å²) in [7, 11) is 2.03. The standard InChI is InChI=1S/C24H19N3O2.C8H6N6/c1-27-20-9-5-4-8-17(20)18-13-15(10-11-21(18)27)26-24(29)19-12-14-6-2-3-7-16(14)22(25)23(19)28;9-4-6-5-13-14(7(6)10)8-11-2-1-3-12-8/h2-13,28H,25H2,1H3,(H,26,29);1-3,5H,10H2. The van der Waals surface area contributed by atoms with E-state index >= 15 is 0 Å². The van der Waals surface area contributed by atoms with Gasteiger partial charge in [-0.2, -0.15) is 15.0 Å². The van der Waals surface area contributed by atoms with Gasteiger partial charge >= 0.3 is 0 Å². The third-order valence-corrected chi connectivity index (χ3v) is 7.15. The third-order valence-electron chi connectivity index (χ3n) is 7.15. The molecule has 0 aliphatic heterocycles. The number of anilines is 3. The molecule has 0 fully saturated rings. The first-order chi connectivity index (χ1) is 20.9. The van der Waals surface area contributed by atoms with Gasteiger partial charge in [0.05, 0.1) is 17.4 Å². The minimum atomic E-state index is -0.403. The number of phenolic OH excluding ortho intramolecular Hbond substituents is 1. The Balaban J connectivity index is 0.000000197. The van der Waals surface area contributed by atoms with Crippen LogP contribution >= 0.6 is 0 Å². The maximum Gasteiger partial charge on any atom is 0.259 e. The average molecular weight is 568 g/mol. The van der Waals surface area contributed by atoms with Crippen LogP contribution in [0, 0.1) is 11.3 Å². The van der Waals surface area contributed by atoms with Gasteiger partial charge in [0, 0.05) is 52.3 Å². The fourth-order valence-corrected chi connectivity index (χ4v) is 4.99. The molecule has 210 valence electrons. The van der Waals surface area contributed by atoms with E-state index in [2.05, 4.69) is 37.1 Å². The van der Waals surface area contributed by atoms with Gasteiger partial charge < -0.3 is 26.5 Å². The third kappa shape index (κ3) is 4.79. The topological polar surface area (TPSA) is 174 Å². The van der Waals surface area contributed by atoms with Gasteiger partial charge in [0.15, 0.2) is 5.75 Å². The number of benzene rings is 4. The molecule has 0 bridgehead atoms. The van der Waals surface area contributed by atoms with Crippen molar-refractivity contribution in [3.8, 4) is 17.8 Å². The van der Waals surface area contributed by atoms with E-state index in [-0.39, 0.29) is 22.8 Å². The minimum absolute atomic E-state index is 0.152. The molecule has 0 atom stereocenters. The van der Waals surface area contributed by atoms with E-state index in [0.29, 0.717) is 17.2 Å². The van der Waals surface area contributed by atoms with E-state index < -0.39 is 5.91 Å². The molecule has 0 saturated heterocycles. The van der Waals surface area contributed by atoms with Crippen LogP contribution in [0.25, 0.3) is 38.5 Å². The van der Waals surface area contributed by atoms with Crippen molar-refractivity contribution in [2.24, 2.45) is 7.05 Å². The number of fused-ring (bicyclic) bond motifs is 4. The predicted octanol–water partition coefficient (Wildman–Crippen LogP) is 5.14. The predicted molar refractivity (Wildman–Crippen MR) is 167 cm³/mol. The van der Waals surface area contributed by atoms with Gasteiger partial charge in [-0.1, -0.05) is 42.5 Å². The Morgan fingerprint density at radius 1 is 0.907 bits per heavy atom. The van der Waals surface area contributed by atoms with E-state index in [0.717, 1.165) is 32.6 Å². The van der Waals surface area contributed by atoms with Gasteiger partial charge in [-0.25, -0.2) is 9.97 Å². The van der Waals surface area contributed by atoms with Crippen LogP contribution in [0.3, 0.4) is 0 Å². The lowest BCUT2D eigenvalue weighted by atomic mass is 10.0. The van der Waals surface area contributed by atoms with Crippen molar-refractivity contribution >= 4 is 55.7 Å². The molecule has 0 aliphatic carbocycles. The SMILES string of the molecule is Cn1c2ccccc2c2cc(NC(=O)c3cc4ccccc4c(N)c3O)ccc21.N#Cc1cnn(-c2ncccn2)c1N. The molecule has 11 nitrogen and oxygen atoms in total. The van der Waals surface area contributed by atoms with Gasteiger partial charge in [-0.3, -0.25) is 4.79 Å². The summed E-state index contributed by atoms with van der Waals surface area (Å²) >= 11 is 0. The zero-order valence-corrected chi connectivity index (χ0v) is 22.9. The van der Waals surface area contributed by atoms with E-state index in [1.165, 1.54) is 10.9 Å². The Morgan fingerprint density at radius 2 is 1.60 bits per heavy atom. The summed E-state index contributed by atoms with van der Waals surface area (Å²) in [5, 5.41) is 29.6. The number of hydrogen-bond donors (Lipinski definition) is 4. The molecule has 0 spiro atoms. The lowest BCUT2D eigenvalue weighted by Crippen LogP contribution is -2.12. The summed E-state index contributed by atoms with van der Waals surface area (Å²) in [4.78, 5) is 20.8. The highest BCUT2D eigenvalue weighted by Crippen LogP contribution is 2.35. The normalized spacial score (nSPS) is 10.8. The van der Waals surface area contributed by atoms with Crippen LogP contribution in [0.5, 0.6) is 5.75 Å². The summed E-state index contributed by atoms with van der Waals surface area (Å²) in [6, 6.07) is 26.6. The molecular formula is C32H25N9O2. The summed E-state index contributed by atoms with van der Waals surface area (Å²) in [6.45, 7) is 0. The van der Waals surface area contributed by atoms with Crippen molar-refractivity contribution < 1.29 is 9.90 Å². The number of amides is 1. The molecular weight excluding hydrogens is 542 g/mol. The van der Waals surface area contributed by atoms with Crippen LogP contribution in [-0.4, -0.2) is 35.3 Å². The number of nitrogens with two attached hydrogens (primary N) is 2. The van der Waals surface area contributed by atoms with Gasteiger partial charge in [-0.15, -0.1) is 0 Å². The van der Waals surface area contributed by atoms with E-state index in [4.69, 9.17) is 16.7 Å². The molecule has 1 amide bonds. The highest BCUT2D eigenvalue weighted by Gasteiger charge is 2.17. The highest BCUT2D eigenvalue weighted by atomic mass is 16.3. The van der Waals surface area contributed by atoms with E-state index in [9.17, 15) is 9.90 Å². The molecule has 7 rings (SSSR count). The number of carbonyl (C=O) groups excluding carboxylic acids is 1. The Kier molecular flexibility index (Phi) is 6.77. The number of nitrogen functional groups attached to an aromatic ring is 2. The number of nitriles is 1. The zero-order chi connectivity index (χ0) is 30.1. The molecule has 43 heavy (non-hydrogen) atoms. The number of aromatic nitrogens is 5. The second-order valence-electron chi connectivity index (χ2n) is 9.69. The lowest BCUT2D eigenvalue weighted by molar-refractivity contribution is 0.102. The largest absolute Gasteiger partial charge is 0.505 e. The molecule has 0 unspecified atom stereocenters. The second kappa shape index (κ2) is 10.9. The quantitative estimate of drug-likeness (QED) is 0.168. The summed E-state index contributed by atoms with van der Waals surface area (Å²) < 4.78 is 3.45. The van der Waals surface area contributed by atoms with Crippen LogP contribution in [0.4, 0.5) is 17.2 Å². The number of phenols is 1. The van der Waals surface area contributed by atoms with Crippen molar-refractivity contribution in [2.45, 2.75) is 0 Å². The molecule has 3 aromatic heterocycles. The van der Waals surface area contributed by atoms with Crippen molar-refractivity contribution in [2.75, 3.05) is 16.8 Å². The van der Waals surface area contributed by atoms with Crippen LogP contribution < -0.4 is 16.8 Å². The number of aryl methyl sites for hydroxylation is 1. The molecule has 6 N–H and O–H groups in total. The summed E-state index contributed by atoms with van der Waals surface area (Å²) in [5.41, 5.74) is 15.2. The molecule has 7 aromatic rings. The number of para-hydroxylation sites is 1. The van der Waals surface area contributed by atoms with Crippen LogP contribution in [0.2, 0.25) is 0 Å². The number of hydrogen-bond acceptors (Lipinski definition) is 8. The Labute approximate surface area is 245 Å². The second-order valence-corrected chi connectivity index (χ2v) is 9.69. The van der Waals surface area contributed by atoms with Gasteiger partial charge in [0.1, 0.15) is 17.5 Å². The maximum absolute atomic E-state index is 12.9. The molecule has 0 radical (unpaired) electrons. The first kappa shape index (κ1) is 26.8.